The summed E-state index contributed by atoms with van der Waals surface area (Å²) in [6, 6.07) is 0.155. The van der Waals surface area contributed by atoms with E-state index in [0.29, 0.717) is 0 Å². The molecule has 0 bridgehead atoms. The summed E-state index contributed by atoms with van der Waals surface area (Å²) in [6.45, 7) is 5.20. The second kappa shape index (κ2) is 5.42. The van der Waals surface area contributed by atoms with Crippen molar-refractivity contribution in [1.82, 2.24) is 19.9 Å². The summed E-state index contributed by atoms with van der Waals surface area (Å²) in [5, 5.41) is 3.54. The average molecular weight is 250 g/mol. The van der Waals surface area contributed by atoms with E-state index < -0.39 is 0 Å². The molecule has 5 heteroatoms. The van der Waals surface area contributed by atoms with Gasteiger partial charge >= 0.3 is 0 Å². The summed E-state index contributed by atoms with van der Waals surface area (Å²) in [7, 11) is 2.03. The fourth-order valence-corrected chi connectivity index (χ4v) is 2.71. The molecule has 1 N–H and O–H groups in total. The lowest BCUT2D eigenvalue weighted by molar-refractivity contribution is 0.559. The topological polar surface area (TPSA) is 42.7 Å². The number of imidazole rings is 1. The molecule has 0 saturated carbocycles. The highest BCUT2D eigenvalue weighted by Gasteiger charge is 2.20. The maximum absolute atomic E-state index is 4.45. The summed E-state index contributed by atoms with van der Waals surface area (Å²) in [5.41, 5.74) is 2.99. The lowest BCUT2D eigenvalue weighted by atomic mass is 10.2. The van der Waals surface area contributed by atoms with E-state index in [2.05, 4.69) is 33.7 Å². The van der Waals surface area contributed by atoms with E-state index in [-0.39, 0.29) is 6.04 Å². The standard InChI is InChI=1S/C12H18N4S/c1-4-5-13-10(11-9(2)15-8-17-11)12-14-6-7-16(12)3/h6-8,10,13H,4-5H2,1-3H3. The third-order valence-corrected chi connectivity index (χ3v) is 3.76. The Morgan fingerprint density at radius 3 is 2.82 bits per heavy atom. The third kappa shape index (κ3) is 2.56. The molecule has 1 atom stereocenters. The van der Waals surface area contributed by atoms with Crippen LogP contribution in [0.3, 0.4) is 0 Å². The van der Waals surface area contributed by atoms with Crippen LogP contribution in [-0.2, 0) is 7.05 Å². The van der Waals surface area contributed by atoms with Gasteiger partial charge in [-0.2, -0.15) is 0 Å². The minimum absolute atomic E-state index is 0.155. The van der Waals surface area contributed by atoms with Crippen LogP contribution in [-0.4, -0.2) is 21.1 Å². The predicted molar refractivity (Wildman–Crippen MR) is 70.2 cm³/mol. The maximum atomic E-state index is 4.45. The largest absolute Gasteiger partial charge is 0.336 e. The zero-order chi connectivity index (χ0) is 12.3. The summed E-state index contributed by atoms with van der Waals surface area (Å²) in [6.07, 6.45) is 4.93. The van der Waals surface area contributed by atoms with Gasteiger partial charge in [0.2, 0.25) is 0 Å². The highest BCUT2D eigenvalue weighted by molar-refractivity contribution is 7.09. The summed E-state index contributed by atoms with van der Waals surface area (Å²) < 4.78 is 2.06. The number of rotatable bonds is 5. The molecule has 4 nitrogen and oxygen atoms in total. The average Bonchev–Trinajstić information content (AvgIpc) is 2.90. The molecule has 0 spiro atoms. The number of aromatic nitrogens is 3. The van der Waals surface area contributed by atoms with Crippen LogP contribution in [0.15, 0.2) is 17.9 Å². The van der Waals surface area contributed by atoms with Crippen molar-refractivity contribution in [2.75, 3.05) is 6.54 Å². The Morgan fingerprint density at radius 1 is 1.47 bits per heavy atom. The summed E-state index contributed by atoms with van der Waals surface area (Å²) in [4.78, 5) is 10.0. The van der Waals surface area contributed by atoms with Crippen molar-refractivity contribution >= 4 is 11.3 Å². The predicted octanol–water partition coefficient (Wildman–Crippen LogP) is 2.27. The lowest BCUT2D eigenvalue weighted by Crippen LogP contribution is -2.25. The Kier molecular flexibility index (Phi) is 3.91. The number of nitrogens with one attached hydrogen (secondary N) is 1. The first-order chi connectivity index (χ1) is 8.24. The first-order valence-electron chi connectivity index (χ1n) is 5.84. The molecule has 0 radical (unpaired) electrons. The molecule has 0 aromatic carbocycles. The van der Waals surface area contributed by atoms with Crippen molar-refractivity contribution in [2.24, 2.45) is 7.05 Å². The number of hydrogen-bond acceptors (Lipinski definition) is 4. The molecule has 2 heterocycles. The Balaban J connectivity index is 2.32. The van der Waals surface area contributed by atoms with Crippen LogP contribution in [0.25, 0.3) is 0 Å². The zero-order valence-electron chi connectivity index (χ0n) is 10.5. The monoisotopic (exact) mass is 250 g/mol. The Morgan fingerprint density at radius 2 is 2.29 bits per heavy atom. The van der Waals surface area contributed by atoms with Crippen molar-refractivity contribution in [3.63, 3.8) is 0 Å². The van der Waals surface area contributed by atoms with Crippen LogP contribution in [0.1, 0.15) is 35.8 Å². The zero-order valence-corrected chi connectivity index (χ0v) is 11.3. The van der Waals surface area contributed by atoms with Gasteiger partial charge in [0.1, 0.15) is 11.9 Å². The molecule has 0 aliphatic rings. The van der Waals surface area contributed by atoms with Gasteiger partial charge in [-0.15, -0.1) is 11.3 Å². The van der Waals surface area contributed by atoms with Gasteiger partial charge < -0.3 is 9.88 Å². The molecular formula is C12H18N4S. The first-order valence-corrected chi connectivity index (χ1v) is 6.72. The van der Waals surface area contributed by atoms with Crippen molar-refractivity contribution < 1.29 is 0 Å². The van der Waals surface area contributed by atoms with Crippen molar-refractivity contribution in [2.45, 2.75) is 26.3 Å². The molecular weight excluding hydrogens is 232 g/mol. The van der Waals surface area contributed by atoms with Gasteiger partial charge in [0, 0.05) is 19.4 Å². The van der Waals surface area contributed by atoms with Crippen molar-refractivity contribution in [3.05, 3.63) is 34.3 Å². The van der Waals surface area contributed by atoms with E-state index in [1.54, 1.807) is 11.3 Å². The Hall–Kier alpha value is -1.20. The molecule has 0 aliphatic heterocycles. The smallest absolute Gasteiger partial charge is 0.131 e. The van der Waals surface area contributed by atoms with Gasteiger partial charge in [-0.1, -0.05) is 6.92 Å². The quantitative estimate of drug-likeness (QED) is 0.885. The number of thiazole rings is 1. The number of aryl methyl sites for hydroxylation is 2. The number of nitrogens with zero attached hydrogens (tertiary/aromatic N) is 3. The first kappa shape index (κ1) is 12.3. The minimum atomic E-state index is 0.155. The van der Waals surface area contributed by atoms with Gasteiger partial charge in [0.15, 0.2) is 0 Å². The van der Waals surface area contributed by atoms with Crippen LogP contribution < -0.4 is 5.32 Å². The van der Waals surface area contributed by atoms with E-state index in [4.69, 9.17) is 0 Å². The van der Waals surface area contributed by atoms with E-state index in [9.17, 15) is 0 Å². The second-order valence-electron chi connectivity index (χ2n) is 4.09. The molecule has 0 fully saturated rings. The van der Waals surface area contributed by atoms with Gasteiger partial charge in [0.05, 0.1) is 16.1 Å². The minimum Gasteiger partial charge on any atom is -0.336 e. The van der Waals surface area contributed by atoms with Crippen LogP contribution in [0, 0.1) is 6.92 Å². The normalized spacial score (nSPS) is 12.9. The van der Waals surface area contributed by atoms with Gasteiger partial charge in [-0.25, -0.2) is 9.97 Å². The molecule has 0 aliphatic carbocycles. The van der Waals surface area contributed by atoms with Crippen LogP contribution in [0.4, 0.5) is 0 Å². The second-order valence-corrected chi connectivity index (χ2v) is 4.97. The highest BCUT2D eigenvalue weighted by Crippen LogP contribution is 2.26. The fraction of sp³-hybridized carbons (Fsp3) is 0.500. The molecule has 92 valence electrons. The van der Waals surface area contributed by atoms with E-state index in [0.717, 1.165) is 24.5 Å². The van der Waals surface area contributed by atoms with E-state index in [1.807, 2.05) is 25.0 Å². The van der Waals surface area contributed by atoms with Gasteiger partial charge in [0.25, 0.3) is 0 Å². The van der Waals surface area contributed by atoms with Gasteiger partial charge in [-0.3, -0.25) is 0 Å². The molecule has 17 heavy (non-hydrogen) atoms. The van der Waals surface area contributed by atoms with Crippen molar-refractivity contribution in [1.29, 1.82) is 0 Å². The van der Waals surface area contributed by atoms with E-state index in [1.165, 1.54) is 4.88 Å². The van der Waals surface area contributed by atoms with Crippen molar-refractivity contribution in [3.8, 4) is 0 Å². The fourth-order valence-electron chi connectivity index (χ4n) is 1.83. The molecule has 2 aromatic heterocycles. The maximum Gasteiger partial charge on any atom is 0.131 e. The molecule has 2 rings (SSSR count). The van der Waals surface area contributed by atoms with Crippen LogP contribution in [0.5, 0.6) is 0 Å². The van der Waals surface area contributed by atoms with Crippen LogP contribution >= 0.6 is 11.3 Å². The summed E-state index contributed by atoms with van der Waals surface area (Å²) in [5.74, 6) is 1.05. The SMILES string of the molecule is CCCNC(c1scnc1C)c1nccn1C. The molecule has 0 amide bonds. The number of hydrogen-bond donors (Lipinski definition) is 1. The summed E-state index contributed by atoms with van der Waals surface area (Å²) >= 11 is 1.69. The van der Waals surface area contributed by atoms with E-state index >= 15 is 0 Å². The highest BCUT2D eigenvalue weighted by atomic mass is 32.1. The Labute approximate surface area is 106 Å². The lowest BCUT2D eigenvalue weighted by Gasteiger charge is -2.17. The van der Waals surface area contributed by atoms with Crippen LogP contribution in [0.2, 0.25) is 0 Å². The Bertz CT molecular complexity index is 434. The third-order valence-electron chi connectivity index (χ3n) is 2.76. The molecule has 2 aromatic rings. The molecule has 1 unspecified atom stereocenters. The van der Waals surface area contributed by atoms with Gasteiger partial charge in [-0.05, 0) is 19.9 Å². The molecule has 0 saturated heterocycles.